The Balaban J connectivity index is 1.97. The van der Waals surface area contributed by atoms with Gasteiger partial charge in [0.2, 0.25) is 0 Å². The zero-order valence-corrected chi connectivity index (χ0v) is 11.9. The van der Waals surface area contributed by atoms with Crippen LogP contribution in [0.4, 0.5) is 0 Å². The van der Waals surface area contributed by atoms with Crippen LogP contribution in [-0.4, -0.2) is 48.3 Å². The van der Waals surface area contributed by atoms with Crippen molar-refractivity contribution in [3.05, 3.63) is 29.8 Å². The fourth-order valence-corrected chi connectivity index (χ4v) is 2.14. The summed E-state index contributed by atoms with van der Waals surface area (Å²) in [6.07, 6.45) is -1.10. The van der Waals surface area contributed by atoms with Gasteiger partial charge in [-0.15, -0.1) is 0 Å². The average Bonchev–Trinajstić information content (AvgIpc) is 2.47. The van der Waals surface area contributed by atoms with Crippen molar-refractivity contribution in [3.8, 4) is 5.75 Å². The normalized spacial score (nSPS) is 18.4. The lowest BCUT2D eigenvalue weighted by atomic mass is 10.1. The van der Waals surface area contributed by atoms with Gasteiger partial charge in [-0.25, -0.2) is 0 Å². The molecular weight excluding hydrogens is 258 g/mol. The van der Waals surface area contributed by atoms with Gasteiger partial charge in [-0.1, -0.05) is 12.1 Å². The van der Waals surface area contributed by atoms with Crippen LogP contribution in [0.25, 0.3) is 0 Å². The summed E-state index contributed by atoms with van der Waals surface area (Å²) in [6, 6.07) is 7.18. The van der Waals surface area contributed by atoms with Crippen LogP contribution < -0.4 is 4.74 Å². The van der Waals surface area contributed by atoms with Gasteiger partial charge >= 0.3 is 0 Å². The topological polar surface area (TPSA) is 59.0 Å². The molecule has 5 heteroatoms. The molecule has 1 heterocycles. The summed E-state index contributed by atoms with van der Waals surface area (Å²) in [5, 5.41) is 9.55. The van der Waals surface area contributed by atoms with E-state index in [1.807, 2.05) is 12.1 Å². The predicted octanol–water partition coefficient (Wildman–Crippen LogP) is 1.37. The number of amides is 1. The van der Waals surface area contributed by atoms with Gasteiger partial charge in [0, 0.05) is 13.1 Å². The molecule has 1 aromatic rings. The molecule has 0 saturated carbocycles. The van der Waals surface area contributed by atoms with Crippen molar-refractivity contribution in [2.75, 3.05) is 26.3 Å². The van der Waals surface area contributed by atoms with Gasteiger partial charge in [0.15, 0.2) is 6.10 Å². The van der Waals surface area contributed by atoms with Gasteiger partial charge in [-0.3, -0.25) is 4.79 Å². The molecule has 2 atom stereocenters. The van der Waals surface area contributed by atoms with Crippen molar-refractivity contribution < 1.29 is 19.4 Å². The number of carbonyl (C=O) groups is 1. The summed E-state index contributed by atoms with van der Waals surface area (Å²) < 4.78 is 10.9. The van der Waals surface area contributed by atoms with E-state index in [-0.39, 0.29) is 5.91 Å². The van der Waals surface area contributed by atoms with Crippen molar-refractivity contribution in [3.63, 3.8) is 0 Å². The molecule has 0 radical (unpaired) electrons. The zero-order chi connectivity index (χ0) is 14.5. The largest absolute Gasteiger partial charge is 0.481 e. The second-order valence-electron chi connectivity index (χ2n) is 4.95. The maximum atomic E-state index is 12.2. The summed E-state index contributed by atoms with van der Waals surface area (Å²) in [7, 11) is 0. The number of hydrogen-bond donors (Lipinski definition) is 1. The molecule has 0 aliphatic carbocycles. The average molecular weight is 279 g/mol. The standard InChI is InChI=1S/C15H21NO4/c1-11(17)13-4-3-5-14(10-13)20-12(2)15(18)16-6-8-19-9-7-16/h3-5,10-12,17H,6-9H2,1-2H3/t11-,12?/m0/s1. The molecule has 1 unspecified atom stereocenters. The van der Waals surface area contributed by atoms with Crippen LogP contribution >= 0.6 is 0 Å². The van der Waals surface area contributed by atoms with E-state index in [1.54, 1.807) is 30.9 Å². The number of rotatable bonds is 4. The van der Waals surface area contributed by atoms with Crippen molar-refractivity contribution >= 4 is 5.91 Å². The molecule has 1 amide bonds. The number of carbonyl (C=O) groups excluding carboxylic acids is 1. The van der Waals surface area contributed by atoms with E-state index in [1.165, 1.54) is 0 Å². The molecular formula is C15H21NO4. The van der Waals surface area contributed by atoms with Gasteiger partial charge in [0.25, 0.3) is 5.91 Å². The number of morpholine rings is 1. The summed E-state index contributed by atoms with van der Waals surface area (Å²) >= 11 is 0. The number of ether oxygens (including phenoxy) is 2. The minimum Gasteiger partial charge on any atom is -0.481 e. The molecule has 1 saturated heterocycles. The third kappa shape index (κ3) is 3.71. The van der Waals surface area contributed by atoms with Gasteiger partial charge in [0.05, 0.1) is 19.3 Å². The quantitative estimate of drug-likeness (QED) is 0.904. The summed E-state index contributed by atoms with van der Waals surface area (Å²) in [5.41, 5.74) is 0.772. The van der Waals surface area contributed by atoms with Crippen molar-refractivity contribution in [1.82, 2.24) is 4.90 Å². The highest BCUT2D eigenvalue weighted by atomic mass is 16.5. The highest BCUT2D eigenvalue weighted by molar-refractivity contribution is 5.81. The zero-order valence-electron chi connectivity index (χ0n) is 11.9. The van der Waals surface area contributed by atoms with Crippen molar-refractivity contribution in [1.29, 1.82) is 0 Å². The smallest absolute Gasteiger partial charge is 0.263 e. The van der Waals surface area contributed by atoms with Crippen LogP contribution in [0, 0.1) is 0 Å². The molecule has 1 aliphatic heterocycles. The van der Waals surface area contributed by atoms with Gasteiger partial charge < -0.3 is 19.5 Å². The monoisotopic (exact) mass is 279 g/mol. The number of nitrogens with zero attached hydrogens (tertiary/aromatic N) is 1. The molecule has 0 spiro atoms. The lowest BCUT2D eigenvalue weighted by Crippen LogP contribution is -2.46. The van der Waals surface area contributed by atoms with E-state index < -0.39 is 12.2 Å². The first kappa shape index (κ1) is 14.8. The fraction of sp³-hybridized carbons (Fsp3) is 0.533. The lowest BCUT2D eigenvalue weighted by Gasteiger charge is -2.29. The van der Waals surface area contributed by atoms with E-state index in [4.69, 9.17) is 9.47 Å². The molecule has 1 N–H and O–H groups in total. The minimum atomic E-state index is -0.552. The molecule has 0 aromatic heterocycles. The van der Waals surface area contributed by atoms with Gasteiger partial charge in [-0.2, -0.15) is 0 Å². The molecule has 1 aromatic carbocycles. The number of hydrogen-bond acceptors (Lipinski definition) is 4. The van der Waals surface area contributed by atoms with Crippen LogP contribution in [0.5, 0.6) is 5.75 Å². The Labute approximate surface area is 119 Å². The minimum absolute atomic E-state index is 0.0317. The third-order valence-electron chi connectivity index (χ3n) is 3.32. The number of benzene rings is 1. The Morgan fingerprint density at radius 1 is 1.35 bits per heavy atom. The molecule has 1 fully saturated rings. The van der Waals surface area contributed by atoms with Gasteiger partial charge in [-0.05, 0) is 31.5 Å². The summed E-state index contributed by atoms with van der Waals surface area (Å²) in [4.78, 5) is 14.0. The molecule has 1 aliphatic rings. The molecule has 20 heavy (non-hydrogen) atoms. The highest BCUT2D eigenvalue weighted by Gasteiger charge is 2.23. The molecule has 0 bridgehead atoms. The fourth-order valence-electron chi connectivity index (χ4n) is 2.14. The summed E-state index contributed by atoms with van der Waals surface area (Å²) in [5.74, 6) is 0.563. The summed E-state index contributed by atoms with van der Waals surface area (Å²) in [6.45, 7) is 5.82. The van der Waals surface area contributed by atoms with Gasteiger partial charge in [0.1, 0.15) is 5.75 Å². The number of aliphatic hydroxyl groups is 1. The second kappa shape index (κ2) is 6.72. The molecule has 110 valence electrons. The van der Waals surface area contributed by atoms with Crippen molar-refractivity contribution in [2.24, 2.45) is 0 Å². The third-order valence-corrected chi connectivity index (χ3v) is 3.32. The lowest BCUT2D eigenvalue weighted by molar-refractivity contribution is -0.142. The van der Waals surface area contributed by atoms with Crippen LogP contribution in [0.3, 0.4) is 0 Å². The Kier molecular flexibility index (Phi) is 4.98. The predicted molar refractivity (Wildman–Crippen MR) is 74.6 cm³/mol. The van der Waals surface area contributed by atoms with E-state index in [9.17, 15) is 9.90 Å². The van der Waals surface area contributed by atoms with Crippen LogP contribution in [0.15, 0.2) is 24.3 Å². The van der Waals surface area contributed by atoms with E-state index in [0.717, 1.165) is 5.56 Å². The van der Waals surface area contributed by atoms with Crippen LogP contribution in [0.1, 0.15) is 25.5 Å². The van der Waals surface area contributed by atoms with Crippen molar-refractivity contribution in [2.45, 2.75) is 26.1 Å². The molecule has 2 rings (SSSR count). The maximum absolute atomic E-state index is 12.2. The number of aliphatic hydroxyl groups excluding tert-OH is 1. The maximum Gasteiger partial charge on any atom is 0.263 e. The van der Waals surface area contributed by atoms with E-state index in [2.05, 4.69) is 0 Å². The first-order valence-electron chi connectivity index (χ1n) is 6.89. The van der Waals surface area contributed by atoms with Crippen LogP contribution in [0.2, 0.25) is 0 Å². The highest BCUT2D eigenvalue weighted by Crippen LogP contribution is 2.20. The van der Waals surface area contributed by atoms with E-state index in [0.29, 0.717) is 32.1 Å². The van der Waals surface area contributed by atoms with E-state index >= 15 is 0 Å². The SMILES string of the molecule is CC(Oc1cccc([C@H](C)O)c1)C(=O)N1CCOCC1. The first-order chi connectivity index (χ1) is 9.58. The van der Waals surface area contributed by atoms with Crippen LogP contribution in [-0.2, 0) is 9.53 Å². The first-order valence-corrected chi connectivity index (χ1v) is 6.89. The molecule has 5 nitrogen and oxygen atoms in total. The Morgan fingerprint density at radius 3 is 2.70 bits per heavy atom. The Hall–Kier alpha value is -1.59. The Morgan fingerprint density at radius 2 is 2.05 bits per heavy atom. The second-order valence-corrected chi connectivity index (χ2v) is 4.95. The Bertz CT molecular complexity index is 455.